The first-order valence-electron chi connectivity index (χ1n) is 7.97. The summed E-state index contributed by atoms with van der Waals surface area (Å²) in [4.78, 5) is 0. The summed E-state index contributed by atoms with van der Waals surface area (Å²) in [6, 6.07) is 4.53. The van der Waals surface area contributed by atoms with Gasteiger partial charge in [0.1, 0.15) is 0 Å². The van der Waals surface area contributed by atoms with Crippen LogP contribution in [0.15, 0.2) is 17.7 Å². The van der Waals surface area contributed by atoms with Gasteiger partial charge >= 0.3 is 0 Å². The number of nitrogen functional groups attached to an aromatic ring is 1. The van der Waals surface area contributed by atoms with Gasteiger partial charge in [0.05, 0.1) is 0 Å². The van der Waals surface area contributed by atoms with E-state index in [9.17, 15) is 0 Å². The number of allylic oxidation sites excluding steroid dienone is 1. The lowest BCUT2D eigenvalue weighted by atomic mass is 9.90. The summed E-state index contributed by atoms with van der Waals surface area (Å²) in [5, 5.41) is 0. The molecule has 0 amide bonds. The van der Waals surface area contributed by atoms with Crippen molar-refractivity contribution >= 4 is 11.8 Å². The van der Waals surface area contributed by atoms with E-state index in [-0.39, 0.29) is 0 Å². The lowest BCUT2D eigenvalue weighted by Gasteiger charge is -2.18. The van der Waals surface area contributed by atoms with Crippen LogP contribution in [-0.4, -0.2) is 0 Å². The van der Waals surface area contributed by atoms with Crippen molar-refractivity contribution in [3.05, 3.63) is 34.4 Å². The fourth-order valence-corrected chi connectivity index (χ4v) is 2.57. The Bertz CT molecular complexity index is 438. The van der Waals surface area contributed by atoms with E-state index in [0.29, 0.717) is 11.8 Å². The Balaban J connectivity index is 3.20. The molecule has 1 rings (SSSR count). The minimum Gasteiger partial charge on any atom is -0.398 e. The molecule has 0 aliphatic rings. The number of benzene rings is 1. The van der Waals surface area contributed by atoms with Crippen molar-refractivity contribution < 1.29 is 0 Å². The Morgan fingerprint density at radius 2 is 1.60 bits per heavy atom. The maximum Gasteiger partial charge on any atom is 0.0384 e. The summed E-state index contributed by atoms with van der Waals surface area (Å²) >= 11 is 0. The highest BCUT2D eigenvalue weighted by Gasteiger charge is 2.12. The standard InChI is InChI=1S/C19H31N/c1-7-8-9-15(6)10-16-11-17(13(2)3)19(20)18(12-16)14(4)5/h10-14H,7-9,20H2,1-6H3. The van der Waals surface area contributed by atoms with Crippen LogP contribution in [0, 0.1) is 0 Å². The number of nitrogens with two attached hydrogens (primary N) is 1. The molecular formula is C19H31N. The number of rotatable bonds is 6. The second-order valence-corrected chi connectivity index (χ2v) is 6.52. The highest BCUT2D eigenvalue weighted by atomic mass is 14.6. The van der Waals surface area contributed by atoms with E-state index in [4.69, 9.17) is 5.73 Å². The minimum atomic E-state index is 0.469. The highest BCUT2D eigenvalue weighted by molar-refractivity contribution is 5.64. The SMILES string of the molecule is CCCCC(C)=Cc1cc(C(C)C)c(N)c(C(C)C)c1. The van der Waals surface area contributed by atoms with Gasteiger partial charge in [0, 0.05) is 5.69 Å². The molecular weight excluding hydrogens is 242 g/mol. The van der Waals surface area contributed by atoms with Gasteiger partial charge in [0.2, 0.25) is 0 Å². The summed E-state index contributed by atoms with van der Waals surface area (Å²) in [6.07, 6.45) is 6.04. The number of anilines is 1. The molecule has 0 saturated carbocycles. The Kier molecular flexibility index (Phi) is 6.32. The van der Waals surface area contributed by atoms with Crippen LogP contribution in [0.4, 0.5) is 5.69 Å². The summed E-state index contributed by atoms with van der Waals surface area (Å²) in [5.74, 6) is 0.939. The van der Waals surface area contributed by atoms with Gasteiger partial charge in [-0.25, -0.2) is 0 Å². The monoisotopic (exact) mass is 273 g/mol. The van der Waals surface area contributed by atoms with Gasteiger partial charge in [0.15, 0.2) is 0 Å². The molecule has 0 atom stereocenters. The first kappa shape index (κ1) is 16.8. The minimum absolute atomic E-state index is 0.469. The van der Waals surface area contributed by atoms with Crippen LogP contribution in [-0.2, 0) is 0 Å². The van der Waals surface area contributed by atoms with Gasteiger partial charge in [-0.15, -0.1) is 0 Å². The van der Waals surface area contributed by atoms with Crippen molar-refractivity contribution in [2.75, 3.05) is 5.73 Å². The molecule has 0 bridgehead atoms. The van der Waals surface area contributed by atoms with Crippen molar-refractivity contribution in [2.24, 2.45) is 0 Å². The van der Waals surface area contributed by atoms with Gasteiger partial charge < -0.3 is 5.73 Å². The van der Waals surface area contributed by atoms with E-state index in [1.807, 2.05) is 0 Å². The van der Waals surface area contributed by atoms with Crippen molar-refractivity contribution in [1.29, 1.82) is 0 Å². The smallest absolute Gasteiger partial charge is 0.0384 e. The summed E-state index contributed by atoms with van der Waals surface area (Å²) < 4.78 is 0. The fourth-order valence-electron chi connectivity index (χ4n) is 2.57. The topological polar surface area (TPSA) is 26.0 Å². The van der Waals surface area contributed by atoms with Crippen LogP contribution >= 0.6 is 0 Å². The molecule has 0 spiro atoms. The zero-order chi connectivity index (χ0) is 15.3. The van der Waals surface area contributed by atoms with Gasteiger partial charge in [-0.2, -0.15) is 0 Å². The molecule has 0 heterocycles. The normalized spacial score (nSPS) is 12.5. The van der Waals surface area contributed by atoms with Crippen LogP contribution in [0.1, 0.15) is 89.3 Å². The molecule has 0 aliphatic carbocycles. The molecule has 20 heavy (non-hydrogen) atoms. The first-order valence-corrected chi connectivity index (χ1v) is 7.97. The molecule has 0 radical (unpaired) electrons. The Hall–Kier alpha value is -1.24. The summed E-state index contributed by atoms with van der Waals surface area (Å²) in [7, 11) is 0. The molecule has 0 saturated heterocycles. The molecule has 0 unspecified atom stereocenters. The third-order valence-corrected chi connectivity index (χ3v) is 3.85. The Labute approximate surface area is 125 Å². The van der Waals surface area contributed by atoms with Crippen molar-refractivity contribution in [1.82, 2.24) is 0 Å². The van der Waals surface area contributed by atoms with E-state index < -0.39 is 0 Å². The molecule has 112 valence electrons. The predicted octanol–water partition coefficient (Wildman–Crippen LogP) is 6.11. The lowest BCUT2D eigenvalue weighted by Crippen LogP contribution is -2.04. The molecule has 1 nitrogen and oxygen atoms in total. The van der Waals surface area contributed by atoms with Crippen LogP contribution < -0.4 is 5.73 Å². The predicted molar refractivity (Wildman–Crippen MR) is 92.2 cm³/mol. The highest BCUT2D eigenvalue weighted by Crippen LogP contribution is 2.32. The van der Waals surface area contributed by atoms with Crippen LogP contribution in [0.25, 0.3) is 6.08 Å². The lowest BCUT2D eigenvalue weighted by molar-refractivity contribution is 0.790. The third-order valence-electron chi connectivity index (χ3n) is 3.85. The number of hydrogen-bond donors (Lipinski definition) is 1. The third kappa shape index (κ3) is 4.40. The maximum atomic E-state index is 6.34. The molecule has 1 aromatic carbocycles. The van der Waals surface area contributed by atoms with Crippen LogP contribution in [0.3, 0.4) is 0 Å². The molecule has 2 N–H and O–H groups in total. The van der Waals surface area contributed by atoms with Crippen molar-refractivity contribution in [3.63, 3.8) is 0 Å². The average molecular weight is 273 g/mol. The average Bonchev–Trinajstić information content (AvgIpc) is 2.37. The van der Waals surface area contributed by atoms with E-state index in [2.05, 4.69) is 59.8 Å². The fraction of sp³-hybridized carbons (Fsp3) is 0.579. The Morgan fingerprint density at radius 3 is 2.00 bits per heavy atom. The van der Waals surface area contributed by atoms with Crippen LogP contribution in [0.5, 0.6) is 0 Å². The summed E-state index contributed by atoms with van der Waals surface area (Å²) in [6.45, 7) is 13.3. The second-order valence-electron chi connectivity index (χ2n) is 6.52. The second kappa shape index (κ2) is 7.52. The van der Waals surface area contributed by atoms with Gasteiger partial charge in [-0.05, 0) is 60.4 Å². The van der Waals surface area contributed by atoms with Gasteiger partial charge in [-0.3, -0.25) is 0 Å². The van der Waals surface area contributed by atoms with E-state index in [1.165, 1.54) is 41.5 Å². The largest absolute Gasteiger partial charge is 0.398 e. The first-order chi connectivity index (χ1) is 9.36. The van der Waals surface area contributed by atoms with Crippen LogP contribution in [0.2, 0.25) is 0 Å². The molecule has 1 aromatic rings. The number of unbranched alkanes of at least 4 members (excludes halogenated alkanes) is 1. The quantitative estimate of drug-likeness (QED) is 0.622. The van der Waals surface area contributed by atoms with E-state index in [1.54, 1.807) is 0 Å². The van der Waals surface area contributed by atoms with Gasteiger partial charge in [-0.1, -0.05) is 52.7 Å². The zero-order valence-corrected chi connectivity index (χ0v) is 14.1. The maximum absolute atomic E-state index is 6.34. The summed E-state index contributed by atoms with van der Waals surface area (Å²) in [5.41, 5.74) is 12.7. The molecule has 0 aromatic heterocycles. The molecule has 1 heteroatoms. The van der Waals surface area contributed by atoms with E-state index >= 15 is 0 Å². The van der Waals surface area contributed by atoms with E-state index in [0.717, 1.165) is 5.69 Å². The van der Waals surface area contributed by atoms with Crippen molar-refractivity contribution in [3.8, 4) is 0 Å². The molecule has 0 aliphatic heterocycles. The zero-order valence-electron chi connectivity index (χ0n) is 14.1. The Morgan fingerprint density at radius 1 is 1.10 bits per heavy atom. The van der Waals surface area contributed by atoms with Gasteiger partial charge in [0.25, 0.3) is 0 Å². The van der Waals surface area contributed by atoms with Crippen molar-refractivity contribution in [2.45, 2.75) is 72.6 Å². The number of hydrogen-bond acceptors (Lipinski definition) is 1. The molecule has 0 fully saturated rings.